The molecular formula is C24H12BrCl2FS3. The topological polar surface area (TPSA) is 0 Å². The Morgan fingerprint density at radius 3 is 2.26 bits per heavy atom. The van der Waals surface area contributed by atoms with Crippen molar-refractivity contribution in [1.29, 1.82) is 0 Å². The van der Waals surface area contributed by atoms with E-state index in [1.54, 1.807) is 11.3 Å². The molecule has 0 aliphatic heterocycles. The van der Waals surface area contributed by atoms with Crippen LogP contribution in [0.2, 0.25) is 9.36 Å². The molecule has 2 aromatic carbocycles. The van der Waals surface area contributed by atoms with Gasteiger partial charge in [0.25, 0.3) is 0 Å². The minimum absolute atomic E-state index is 0.275. The van der Waals surface area contributed by atoms with Crippen molar-refractivity contribution in [3.8, 4) is 42.4 Å². The van der Waals surface area contributed by atoms with E-state index in [0.29, 0.717) is 20.5 Å². The first-order chi connectivity index (χ1) is 15.0. The monoisotopic (exact) mass is 564 g/mol. The molecule has 0 N–H and O–H groups in total. The summed E-state index contributed by atoms with van der Waals surface area (Å²) in [6.07, 6.45) is 0. The highest BCUT2D eigenvalue weighted by atomic mass is 79.9. The molecule has 0 nitrogen and oxygen atoms in total. The quantitative estimate of drug-likeness (QED) is 0.203. The smallest absolute Gasteiger partial charge is 0.141 e. The van der Waals surface area contributed by atoms with Crippen molar-refractivity contribution in [2.75, 3.05) is 0 Å². The lowest BCUT2D eigenvalue weighted by Crippen LogP contribution is -1.93. The van der Waals surface area contributed by atoms with Crippen LogP contribution in [0.3, 0.4) is 0 Å². The van der Waals surface area contributed by atoms with Gasteiger partial charge in [0.15, 0.2) is 0 Å². The average Bonchev–Trinajstić information content (AvgIpc) is 3.49. The van der Waals surface area contributed by atoms with Gasteiger partial charge < -0.3 is 0 Å². The zero-order chi connectivity index (χ0) is 21.5. The minimum Gasteiger partial charge on any atom is -0.206 e. The number of hydrogen-bond donors (Lipinski definition) is 0. The largest absolute Gasteiger partial charge is 0.206 e. The summed E-state index contributed by atoms with van der Waals surface area (Å²) in [6, 6.07) is 21.1. The van der Waals surface area contributed by atoms with Crippen molar-refractivity contribution in [2.45, 2.75) is 0 Å². The molecule has 3 heterocycles. The van der Waals surface area contributed by atoms with Crippen molar-refractivity contribution < 1.29 is 4.39 Å². The van der Waals surface area contributed by atoms with Crippen LogP contribution >= 0.6 is 73.1 Å². The summed E-state index contributed by atoms with van der Waals surface area (Å²) >= 11 is 21.0. The van der Waals surface area contributed by atoms with E-state index in [-0.39, 0.29) is 5.82 Å². The summed E-state index contributed by atoms with van der Waals surface area (Å²) in [7, 11) is 0. The normalized spacial score (nSPS) is 11.2. The first-order valence-corrected chi connectivity index (χ1v) is 13.3. The van der Waals surface area contributed by atoms with E-state index >= 15 is 4.39 Å². The fourth-order valence-corrected chi connectivity index (χ4v) is 7.26. The molecule has 0 bridgehead atoms. The zero-order valence-corrected chi connectivity index (χ0v) is 21.2. The maximum absolute atomic E-state index is 16.3. The molecule has 0 saturated carbocycles. The van der Waals surface area contributed by atoms with Crippen molar-refractivity contribution in [1.82, 2.24) is 0 Å². The second-order valence-corrected chi connectivity index (χ2v) is 12.2. The summed E-state index contributed by atoms with van der Waals surface area (Å²) in [5, 5.41) is 2.59. The Hall–Kier alpha value is -1.47. The third kappa shape index (κ3) is 4.04. The first-order valence-electron chi connectivity index (χ1n) is 9.19. The van der Waals surface area contributed by atoms with Gasteiger partial charge in [-0.2, -0.15) is 0 Å². The predicted octanol–water partition coefficient (Wildman–Crippen LogP) is 10.7. The van der Waals surface area contributed by atoms with Gasteiger partial charge in [-0.25, -0.2) is 4.39 Å². The molecule has 0 radical (unpaired) electrons. The number of rotatable bonds is 4. The van der Waals surface area contributed by atoms with E-state index in [0.717, 1.165) is 35.1 Å². The lowest BCUT2D eigenvalue weighted by Gasteiger charge is -2.15. The van der Waals surface area contributed by atoms with E-state index < -0.39 is 0 Å². The third-order valence-corrected chi connectivity index (χ3v) is 9.03. The Kier molecular flexibility index (Phi) is 6.08. The van der Waals surface area contributed by atoms with E-state index in [1.165, 1.54) is 22.7 Å². The van der Waals surface area contributed by atoms with E-state index in [9.17, 15) is 0 Å². The Morgan fingerprint density at radius 1 is 0.742 bits per heavy atom. The molecule has 5 aromatic rings. The molecule has 0 atom stereocenters. The summed E-state index contributed by atoms with van der Waals surface area (Å²) in [5.41, 5.74) is 3.55. The number of hydrogen-bond acceptors (Lipinski definition) is 3. The molecule has 31 heavy (non-hydrogen) atoms. The first kappa shape index (κ1) is 21.4. The molecule has 0 aliphatic rings. The molecular weight excluding hydrogens is 554 g/mol. The number of benzene rings is 2. The van der Waals surface area contributed by atoms with Crippen molar-refractivity contribution in [3.63, 3.8) is 0 Å². The highest BCUT2D eigenvalue weighted by Gasteiger charge is 2.24. The van der Waals surface area contributed by atoms with Crippen molar-refractivity contribution >= 4 is 73.1 Å². The molecule has 7 heteroatoms. The minimum atomic E-state index is -0.275. The van der Waals surface area contributed by atoms with Gasteiger partial charge in [-0.3, -0.25) is 0 Å². The fraction of sp³-hybridized carbons (Fsp3) is 0. The molecule has 0 spiro atoms. The second kappa shape index (κ2) is 8.81. The van der Waals surface area contributed by atoms with Gasteiger partial charge in [0.2, 0.25) is 0 Å². The lowest BCUT2D eigenvalue weighted by atomic mass is 9.93. The molecule has 154 valence electrons. The summed E-state index contributed by atoms with van der Waals surface area (Å²) in [4.78, 5) is 2.71. The van der Waals surface area contributed by atoms with Crippen molar-refractivity contribution in [2.24, 2.45) is 0 Å². The van der Waals surface area contributed by atoms with E-state index in [1.807, 2.05) is 72.1 Å². The maximum atomic E-state index is 16.3. The van der Waals surface area contributed by atoms with Crippen LogP contribution < -0.4 is 0 Å². The summed E-state index contributed by atoms with van der Waals surface area (Å²) < 4.78 is 17.9. The van der Waals surface area contributed by atoms with Crippen LogP contribution in [0.25, 0.3) is 42.4 Å². The fourth-order valence-electron chi connectivity index (χ4n) is 3.51. The van der Waals surface area contributed by atoms with Gasteiger partial charge in [0.1, 0.15) is 5.82 Å². The van der Waals surface area contributed by atoms with Crippen molar-refractivity contribution in [3.05, 3.63) is 91.1 Å². The van der Waals surface area contributed by atoms with Gasteiger partial charge in [0, 0.05) is 41.9 Å². The van der Waals surface area contributed by atoms with Crippen LogP contribution in [0.5, 0.6) is 0 Å². The Bertz CT molecular complexity index is 1390. The van der Waals surface area contributed by atoms with Crippen LogP contribution in [0.1, 0.15) is 0 Å². The zero-order valence-electron chi connectivity index (χ0n) is 15.7. The van der Waals surface area contributed by atoms with Crippen LogP contribution in [-0.4, -0.2) is 0 Å². The Balaban J connectivity index is 1.84. The molecule has 0 unspecified atom stereocenters. The van der Waals surface area contributed by atoms with Gasteiger partial charge in [0.05, 0.1) is 8.12 Å². The molecule has 3 aromatic heterocycles. The van der Waals surface area contributed by atoms with Crippen LogP contribution in [0.15, 0.2) is 75.9 Å². The third-order valence-electron chi connectivity index (χ3n) is 4.86. The van der Waals surface area contributed by atoms with E-state index in [2.05, 4.69) is 15.9 Å². The van der Waals surface area contributed by atoms with Gasteiger partial charge >= 0.3 is 0 Å². The Labute approximate surface area is 209 Å². The summed E-state index contributed by atoms with van der Waals surface area (Å²) in [5.74, 6) is -0.275. The standard InChI is InChI=1S/C24H12BrCl2FS3/c25-20-10-9-19(30-20)15-8-7-14(13-4-1-2-5-17(13)26)22(23(15)28)24-16(12-21(27)31-24)18-6-3-11-29-18/h1-12H. The highest BCUT2D eigenvalue weighted by molar-refractivity contribution is 9.11. The van der Waals surface area contributed by atoms with Gasteiger partial charge in [-0.05, 0) is 63.3 Å². The Morgan fingerprint density at radius 2 is 1.55 bits per heavy atom. The number of halogens is 4. The second-order valence-electron chi connectivity index (χ2n) is 6.70. The molecule has 0 saturated heterocycles. The molecule has 0 amide bonds. The van der Waals surface area contributed by atoms with Gasteiger partial charge in [-0.15, -0.1) is 34.0 Å². The summed E-state index contributed by atoms with van der Waals surface area (Å²) in [6.45, 7) is 0. The molecule has 5 rings (SSSR count). The maximum Gasteiger partial charge on any atom is 0.141 e. The number of thiophene rings is 3. The highest BCUT2D eigenvalue weighted by Crippen LogP contribution is 2.49. The SMILES string of the molecule is Fc1c(-c2ccc(Br)s2)ccc(-c2ccccc2Cl)c1-c1sc(Cl)cc1-c1cccs1. The van der Waals surface area contributed by atoms with Crippen LogP contribution in [0, 0.1) is 5.82 Å². The average molecular weight is 566 g/mol. The predicted molar refractivity (Wildman–Crippen MR) is 139 cm³/mol. The van der Waals surface area contributed by atoms with Crippen LogP contribution in [-0.2, 0) is 0 Å². The molecule has 0 fully saturated rings. The van der Waals surface area contributed by atoms with Gasteiger partial charge in [-0.1, -0.05) is 53.5 Å². The molecule has 0 aliphatic carbocycles. The van der Waals surface area contributed by atoms with Crippen LogP contribution in [0.4, 0.5) is 4.39 Å². The lowest BCUT2D eigenvalue weighted by molar-refractivity contribution is 0.636. The van der Waals surface area contributed by atoms with E-state index in [4.69, 9.17) is 23.2 Å².